The van der Waals surface area contributed by atoms with Gasteiger partial charge >= 0.3 is 0 Å². The third-order valence-corrected chi connectivity index (χ3v) is 6.44. The van der Waals surface area contributed by atoms with Gasteiger partial charge in [-0.05, 0) is 50.5 Å². The summed E-state index contributed by atoms with van der Waals surface area (Å²) in [5.74, 6) is 1.02. The Morgan fingerprint density at radius 1 is 1.10 bits per heavy atom. The topological polar surface area (TPSA) is 84.9 Å². The Kier molecular flexibility index (Phi) is 7.10. The van der Waals surface area contributed by atoms with E-state index in [4.69, 9.17) is 9.47 Å². The molecule has 0 saturated heterocycles. The first-order valence-corrected chi connectivity index (χ1v) is 12.2. The summed E-state index contributed by atoms with van der Waals surface area (Å²) < 4.78 is 37.1. The lowest BCUT2D eigenvalue weighted by atomic mass is 10.00. The van der Waals surface area contributed by atoms with Crippen molar-refractivity contribution >= 4 is 21.6 Å². The molecule has 0 spiro atoms. The normalized spacial score (nSPS) is 14.1. The first kappa shape index (κ1) is 22.9. The molecule has 8 heteroatoms. The number of amides is 1. The Balaban J connectivity index is 1.60. The minimum Gasteiger partial charge on any atom is -0.486 e. The number of fused-ring (bicyclic) bond motifs is 1. The molecule has 1 amide bonds. The second kappa shape index (κ2) is 9.60. The molecule has 31 heavy (non-hydrogen) atoms. The standard InChI is InChI=1S/C23H30N2O5S/c1-16-7-9-20(17(2)14-16)18(3)24-23(26)6-5-11-25(31(4,27)28)19-8-10-21-22(15-19)30-13-12-29-21/h7-10,14-15,18H,5-6,11-13H2,1-4H3,(H,24,26)/t18-/m0/s1. The smallest absolute Gasteiger partial charge is 0.232 e. The van der Waals surface area contributed by atoms with E-state index in [-0.39, 0.29) is 24.9 Å². The highest BCUT2D eigenvalue weighted by Gasteiger charge is 2.21. The highest BCUT2D eigenvalue weighted by atomic mass is 32.2. The van der Waals surface area contributed by atoms with E-state index in [1.165, 1.54) is 9.87 Å². The van der Waals surface area contributed by atoms with Crippen molar-refractivity contribution in [3.63, 3.8) is 0 Å². The molecular weight excluding hydrogens is 416 g/mol. The summed E-state index contributed by atoms with van der Waals surface area (Å²) in [5.41, 5.74) is 3.89. The number of ether oxygens (including phenoxy) is 2. The van der Waals surface area contributed by atoms with Crippen molar-refractivity contribution < 1.29 is 22.7 Å². The van der Waals surface area contributed by atoms with Crippen LogP contribution in [0.3, 0.4) is 0 Å². The van der Waals surface area contributed by atoms with Crippen LogP contribution in [0.25, 0.3) is 0 Å². The quantitative estimate of drug-likeness (QED) is 0.671. The first-order chi connectivity index (χ1) is 14.6. The fourth-order valence-corrected chi connectivity index (χ4v) is 4.72. The number of nitrogens with one attached hydrogen (secondary N) is 1. The molecule has 3 rings (SSSR count). The van der Waals surface area contributed by atoms with Crippen LogP contribution in [0.15, 0.2) is 36.4 Å². The SMILES string of the molecule is Cc1ccc([C@H](C)NC(=O)CCCN(c2ccc3c(c2)OCCO3)S(C)(=O)=O)c(C)c1. The van der Waals surface area contributed by atoms with Crippen LogP contribution in [-0.4, -0.2) is 40.3 Å². The number of hydrogen-bond donors (Lipinski definition) is 1. The monoisotopic (exact) mass is 446 g/mol. The number of benzene rings is 2. The number of carbonyl (C=O) groups excluding carboxylic acids is 1. The number of sulfonamides is 1. The van der Waals surface area contributed by atoms with Crippen LogP contribution in [0, 0.1) is 13.8 Å². The highest BCUT2D eigenvalue weighted by Crippen LogP contribution is 2.34. The molecule has 1 aliphatic heterocycles. The molecule has 0 saturated carbocycles. The summed E-state index contributed by atoms with van der Waals surface area (Å²) in [6.07, 6.45) is 1.78. The van der Waals surface area contributed by atoms with Crippen molar-refractivity contribution in [2.75, 3.05) is 30.3 Å². The van der Waals surface area contributed by atoms with Crippen molar-refractivity contribution in [3.05, 3.63) is 53.1 Å². The molecular formula is C23H30N2O5S. The molecule has 1 heterocycles. The van der Waals surface area contributed by atoms with E-state index < -0.39 is 10.0 Å². The van der Waals surface area contributed by atoms with Gasteiger partial charge < -0.3 is 14.8 Å². The van der Waals surface area contributed by atoms with E-state index in [1.807, 2.05) is 32.9 Å². The molecule has 0 aromatic heterocycles. The van der Waals surface area contributed by atoms with Crippen molar-refractivity contribution in [1.82, 2.24) is 5.32 Å². The van der Waals surface area contributed by atoms with E-state index in [0.29, 0.717) is 36.8 Å². The van der Waals surface area contributed by atoms with Crippen LogP contribution in [0.1, 0.15) is 42.5 Å². The Labute approximate surface area is 184 Å². The average Bonchev–Trinajstić information content (AvgIpc) is 2.69. The summed E-state index contributed by atoms with van der Waals surface area (Å²) in [5, 5.41) is 3.01. The molecule has 1 atom stereocenters. The summed E-state index contributed by atoms with van der Waals surface area (Å²) in [6, 6.07) is 11.1. The molecule has 0 aliphatic carbocycles. The largest absolute Gasteiger partial charge is 0.486 e. The Morgan fingerprint density at radius 2 is 1.81 bits per heavy atom. The number of nitrogens with zero attached hydrogens (tertiary/aromatic N) is 1. The number of hydrogen-bond acceptors (Lipinski definition) is 5. The van der Waals surface area contributed by atoms with Gasteiger partial charge in [-0.25, -0.2) is 8.42 Å². The van der Waals surface area contributed by atoms with Gasteiger partial charge in [-0.15, -0.1) is 0 Å². The van der Waals surface area contributed by atoms with Crippen LogP contribution in [0.2, 0.25) is 0 Å². The maximum absolute atomic E-state index is 12.4. The predicted octanol–water partition coefficient (Wildman–Crippen LogP) is 3.50. The van der Waals surface area contributed by atoms with Crippen molar-refractivity contribution in [3.8, 4) is 11.5 Å². The Hall–Kier alpha value is -2.74. The third kappa shape index (κ3) is 5.91. The molecule has 1 N–H and O–H groups in total. The lowest BCUT2D eigenvalue weighted by Gasteiger charge is -2.25. The summed E-state index contributed by atoms with van der Waals surface area (Å²) >= 11 is 0. The van der Waals surface area contributed by atoms with E-state index in [9.17, 15) is 13.2 Å². The Morgan fingerprint density at radius 3 is 2.48 bits per heavy atom. The molecule has 0 unspecified atom stereocenters. The lowest BCUT2D eigenvalue weighted by molar-refractivity contribution is -0.121. The summed E-state index contributed by atoms with van der Waals surface area (Å²) in [7, 11) is -3.51. The van der Waals surface area contributed by atoms with Crippen molar-refractivity contribution in [1.29, 1.82) is 0 Å². The zero-order valence-electron chi connectivity index (χ0n) is 18.5. The average molecular weight is 447 g/mol. The summed E-state index contributed by atoms with van der Waals surface area (Å²) in [4.78, 5) is 12.4. The predicted molar refractivity (Wildman–Crippen MR) is 121 cm³/mol. The molecule has 2 aromatic carbocycles. The first-order valence-electron chi connectivity index (χ1n) is 10.4. The van der Waals surface area contributed by atoms with Gasteiger partial charge in [0, 0.05) is 19.0 Å². The molecule has 0 radical (unpaired) electrons. The van der Waals surface area contributed by atoms with Crippen LogP contribution in [-0.2, 0) is 14.8 Å². The van der Waals surface area contributed by atoms with Gasteiger partial charge in [0.15, 0.2) is 11.5 Å². The van der Waals surface area contributed by atoms with Gasteiger partial charge in [0.1, 0.15) is 13.2 Å². The van der Waals surface area contributed by atoms with Crippen LogP contribution in [0.4, 0.5) is 5.69 Å². The van der Waals surface area contributed by atoms with Crippen LogP contribution < -0.4 is 19.1 Å². The van der Waals surface area contributed by atoms with Crippen LogP contribution in [0.5, 0.6) is 11.5 Å². The molecule has 1 aliphatic rings. The molecule has 7 nitrogen and oxygen atoms in total. The van der Waals surface area contributed by atoms with Gasteiger partial charge in [0.2, 0.25) is 15.9 Å². The van der Waals surface area contributed by atoms with Gasteiger partial charge in [-0.3, -0.25) is 9.10 Å². The van der Waals surface area contributed by atoms with E-state index >= 15 is 0 Å². The van der Waals surface area contributed by atoms with E-state index in [2.05, 4.69) is 11.4 Å². The minimum absolute atomic E-state index is 0.108. The van der Waals surface area contributed by atoms with Crippen LogP contribution >= 0.6 is 0 Å². The minimum atomic E-state index is -3.51. The lowest BCUT2D eigenvalue weighted by Crippen LogP contribution is -2.32. The fourth-order valence-electron chi connectivity index (χ4n) is 3.76. The number of aryl methyl sites for hydroxylation is 2. The van der Waals surface area contributed by atoms with Crippen molar-refractivity contribution in [2.45, 2.75) is 39.7 Å². The van der Waals surface area contributed by atoms with E-state index in [0.717, 1.165) is 17.4 Å². The fraction of sp³-hybridized carbons (Fsp3) is 0.435. The van der Waals surface area contributed by atoms with Gasteiger partial charge in [0.05, 0.1) is 18.0 Å². The summed E-state index contributed by atoms with van der Waals surface area (Å²) in [6.45, 7) is 7.11. The molecule has 0 bridgehead atoms. The zero-order valence-corrected chi connectivity index (χ0v) is 19.3. The highest BCUT2D eigenvalue weighted by molar-refractivity contribution is 7.92. The second-order valence-electron chi connectivity index (χ2n) is 7.92. The third-order valence-electron chi connectivity index (χ3n) is 5.25. The van der Waals surface area contributed by atoms with Gasteiger partial charge in [-0.2, -0.15) is 0 Å². The van der Waals surface area contributed by atoms with Crippen molar-refractivity contribution in [2.24, 2.45) is 0 Å². The molecule has 2 aromatic rings. The number of anilines is 1. The number of carbonyl (C=O) groups is 1. The maximum atomic E-state index is 12.4. The zero-order chi connectivity index (χ0) is 22.6. The van der Waals surface area contributed by atoms with Gasteiger partial charge in [0.25, 0.3) is 0 Å². The Bertz CT molecular complexity index is 1050. The van der Waals surface area contributed by atoms with E-state index in [1.54, 1.807) is 18.2 Å². The maximum Gasteiger partial charge on any atom is 0.232 e. The molecule has 0 fully saturated rings. The number of rotatable bonds is 8. The second-order valence-corrected chi connectivity index (χ2v) is 9.82. The molecule has 168 valence electrons. The van der Waals surface area contributed by atoms with Gasteiger partial charge in [-0.1, -0.05) is 23.8 Å².